The summed E-state index contributed by atoms with van der Waals surface area (Å²) in [7, 11) is 0. The average molecular weight is 327 g/mol. The third kappa shape index (κ3) is 3.20. The molecule has 0 unspecified atom stereocenters. The number of hydrogen-bond donors (Lipinski definition) is 1. The number of nitrogens with zero attached hydrogens (tertiary/aromatic N) is 1. The summed E-state index contributed by atoms with van der Waals surface area (Å²) >= 11 is 12.3. The van der Waals surface area contributed by atoms with Crippen molar-refractivity contribution in [3.05, 3.63) is 33.8 Å². The molecule has 21 heavy (non-hydrogen) atoms. The van der Waals surface area contributed by atoms with Gasteiger partial charge in [-0.3, -0.25) is 4.79 Å². The van der Waals surface area contributed by atoms with Crippen LogP contribution in [0.1, 0.15) is 36.5 Å². The molecule has 0 bridgehead atoms. The maximum Gasteiger partial charge on any atom is 0.255 e. The molecule has 3 rings (SSSR count). The van der Waals surface area contributed by atoms with Crippen LogP contribution in [0.4, 0.5) is 0 Å². The Morgan fingerprint density at radius 2 is 2.19 bits per heavy atom. The molecule has 1 N–H and O–H groups in total. The van der Waals surface area contributed by atoms with Crippen molar-refractivity contribution in [3.8, 4) is 0 Å². The Kier molecular flexibility index (Phi) is 4.17. The lowest BCUT2D eigenvalue weighted by atomic mass is 10.1. The van der Waals surface area contributed by atoms with Crippen LogP contribution in [0.15, 0.2) is 18.2 Å². The highest BCUT2D eigenvalue weighted by atomic mass is 35.5. The Morgan fingerprint density at radius 1 is 1.43 bits per heavy atom. The summed E-state index contributed by atoms with van der Waals surface area (Å²) in [5.74, 6) is 0.00400. The number of amides is 1. The van der Waals surface area contributed by atoms with Gasteiger partial charge in [0.25, 0.3) is 5.91 Å². The maximum atomic E-state index is 13.0. The Balaban J connectivity index is 1.87. The normalized spacial score (nSPS) is 23.1. The number of rotatable bonds is 4. The van der Waals surface area contributed by atoms with Gasteiger partial charge in [-0.15, -0.1) is 0 Å². The SMILES string of the molecule is CC1(CN(C(=O)c2cccc(Cl)c2Cl)[C@H]2CCNC2)CC1. The van der Waals surface area contributed by atoms with Crippen molar-refractivity contribution in [3.63, 3.8) is 0 Å². The van der Waals surface area contributed by atoms with Crippen molar-refractivity contribution in [2.75, 3.05) is 19.6 Å². The second-order valence-corrected chi connectivity index (χ2v) is 7.28. The van der Waals surface area contributed by atoms with E-state index in [0.29, 0.717) is 15.6 Å². The number of benzene rings is 1. The van der Waals surface area contributed by atoms with Gasteiger partial charge >= 0.3 is 0 Å². The van der Waals surface area contributed by atoms with Crippen molar-refractivity contribution in [2.45, 2.75) is 32.2 Å². The molecule has 5 heteroatoms. The van der Waals surface area contributed by atoms with Crippen molar-refractivity contribution < 1.29 is 4.79 Å². The second kappa shape index (κ2) is 5.79. The lowest BCUT2D eigenvalue weighted by Crippen LogP contribution is -2.44. The third-order valence-corrected chi connectivity index (χ3v) is 5.39. The Hall–Kier alpha value is -0.770. The van der Waals surface area contributed by atoms with Gasteiger partial charge < -0.3 is 10.2 Å². The lowest BCUT2D eigenvalue weighted by Gasteiger charge is -2.31. The van der Waals surface area contributed by atoms with Crippen molar-refractivity contribution in [1.82, 2.24) is 10.2 Å². The number of halogens is 2. The predicted molar refractivity (Wildman–Crippen MR) is 86.1 cm³/mol. The highest BCUT2D eigenvalue weighted by molar-refractivity contribution is 6.43. The van der Waals surface area contributed by atoms with Gasteiger partial charge in [-0.05, 0) is 43.4 Å². The Labute approximate surface area is 135 Å². The van der Waals surface area contributed by atoms with E-state index < -0.39 is 0 Å². The van der Waals surface area contributed by atoms with Gasteiger partial charge in [-0.25, -0.2) is 0 Å². The van der Waals surface area contributed by atoms with Crippen LogP contribution in [0, 0.1) is 5.41 Å². The molecule has 2 aliphatic rings. The van der Waals surface area contributed by atoms with Gasteiger partial charge in [-0.2, -0.15) is 0 Å². The molecule has 0 spiro atoms. The summed E-state index contributed by atoms with van der Waals surface area (Å²) in [5.41, 5.74) is 0.795. The summed E-state index contributed by atoms with van der Waals surface area (Å²) < 4.78 is 0. The van der Waals surface area contributed by atoms with E-state index in [4.69, 9.17) is 23.2 Å². The minimum atomic E-state index is 0.00400. The number of carbonyl (C=O) groups is 1. The van der Waals surface area contributed by atoms with Crippen LogP contribution in [0.25, 0.3) is 0 Å². The fraction of sp³-hybridized carbons (Fsp3) is 0.562. The van der Waals surface area contributed by atoms with Crippen LogP contribution in [-0.2, 0) is 0 Å². The predicted octanol–water partition coefficient (Wildman–Crippen LogP) is 3.60. The monoisotopic (exact) mass is 326 g/mol. The van der Waals surface area contributed by atoms with Crippen LogP contribution in [0.5, 0.6) is 0 Å². The lowest BCUT2D eigenvalue weighted by molar-refractivity contribution is 0.0651. The molecular weight excluding hydrogens is 307 g/mol. The minimum Gasteiger partial charge on any atom is -0.334 e. The third-order valence-electron chi connectivity index (χ3n) is 4.57. The molecule has 3 nitrogen and oxygen atoms in total. The molecule has 0 radical (unpaired) electrons. The van der Waals surface area contributed by atoms with Crippen LogP contribution in [0.2, 0.25) is 10.0 Å². The van der Waals surface area contributed by atoms with E-state index in [1.54, 1.807) is 18.2 Å². The molecule has 1 aliphatic heterocycles. The largest absolute Gasteiger partial charge is 0.334 e. The van der Waals surface area contributed by atoms with Crippen molar-refractivity contribution in [1.29, 1.82) is 0 Å². The molecule has 1 saturated carbocycles. The average Bonchev–Trinajstić information content (AvgIpc) is 2.97. The zero-order valence-corrected chi connectivity index (χ0v) is 13.7. The van der Waals surface area contributed by atoms with Gasteiger partial charge in [0.05, 0.1) is 15.6 Å². The number of carbonyl (C=O) groups excluding carboxylic acids is 1. The van der Waals surface area contributed by atoms with E-state index >= 15 is 0 Å². The topological polar surface area (TPSA) is 32.3 Å². The summed E-state index contributed by atoms with van der Waals surface area (Å²) in [6.07, 6.45) is 3.39. The van der Waals surface area contributed by atoms with Gasteiger partial charge in [-0.1, -0.05) is 36.2 Å². The van der Waals surface area contributed by atoms with E-state index in [1.165, 1.54) is 12.8 Å². The van der Waals surface area contributed by atoms with E-state index in [1.807, 2.05) is 4.90 Å². The molecular formula is C16H20Cl2N2O. The molecule has 1 aliphatic carbocycles. The highest BCUT2D eigenvalue weighted by Crippen LogP contribution is 2.46. The fourth-order valence-electron chi connectivity index (χ4n) is 2.88. The van der Waals surface area contributed by atoms with Gasteiger partial charge in [0.2, 0.25) is 0 Å². The molecule has 1 atom stereocenters. The quantitative estimate of drug-likeness (QED) is 0.916. The van der Waals surface area contributed by atoms with Gasteiger partial charge in [0.15, 0.2) is 0 Å². The molecule has 1 aromatic rings. The molecule has 1 aromatic carbocycles. The van der Waals surface area contributed by atoms with E-state index in [-0.39, 0.29) is 17.4 Å². The maximum absolute atomic E-state index is 13.0. The van der Waals surface area contributed by atoms with Crippen LogP contribution >= 0.6 is 23.2 Å². The van der Waals surface area contributed by atoms with Crippen LogP contribution in [0.3, 0.4) is 0 Å². The van der Waals surface area contributed by atoms with Crippen LogP contribution < -0.4 is 5.32 Å². The fourth-order valence-corrected chi connectivity index (χ4v) is 3.26. The second-order valence-electron chi connectivity index (χ2n) is 6.49. The molecule has 0 aromatic heterocycles. The summed E-state index contributed by atoms with van der Waals surface area (Å²) in [6.45, 7) is 4.88. The first kappa shape index (κ1) is 15.1. The van der Waals surface area contributed by atoms with Crippen LogP contribution in [-0.4, -0.2) is 36.5 Å². The van der Waals surface area contributed by atoms with Gasteiger partial charge in [0, 0.05) is 19.1 Å². The first-order valence-electron chi connectivity index (χ1n) is 7.46. The molecule has 2 fully saturated rings. The molecule has 1 heterocycles. The van der Waals surface area contributed by atoms with Gasteiger partial charge in [0.1, 0.15) is 0 Å². The Bertz CT molecular complexity index is 551. The zero-order chi connectivity index (χ0) is 15.0. The smallest absolute Gasteiger partial charge is 0.255 e. The first-order valence-corrected chi connectivity index (χ1v) is 8.21. The number of nitrogens with one attached hydrogen (secondary N) is 1. The molecule has 1 saturated heterocycles. The zero-order valence-electron chi connectivity index (χ0n) is 12.2. The van der Waals surface area contributed by atoms with Crippen molar-refractivity contribution >= 4 is 29.1 Å². The standard InChI is InChI=1S/C16H20Cl2N2O/c1-16(6-7-16)10-20(11-5-8-19-9-11)15(21)12-3-2-4-13(17)14(12)18/h2-4,11,19H,5-10H2,1H3/t11-/m0/s1. The van der Waals surface area contributed by atoms with E-state index in [9.17, 15) is 4.79 Å². The highest BCUT2D eigenvalue weighted by Gasteiger charge is 2.42. The van der Waals surface area contributed by atoms with E-state index in [2.05, 4.69) is 12.2 Å². The molecule has 1 amide bonds. The summed E-state index contributed by atoms with van der Waals surface area (Å²) in [5, 5.41) is 4.14. The number of hydrogen-bond acceptors (Lipinski definition) is 2. The van der Waals surface area contributed by atoms with Crippen molar-refractivity contribution in [2.24, 2.45) is 5.41 Å². The minimum absolute atomic E-state index is 0.00400. The summed E-state index contributed by atoms with van der Waals surface area (Å²) in [4.78, 5) is 15.0. The molecule has 114 valence electrons. The summed E-state index contributed by atoms with van der Waals surface area (Å²) in [6, 6.07) is 5.52. The Morgan fingerprint density at radius 3 is 2.81 bits per heavy atom. The first-order chi connectivity index (χ1) is 10.0. The van der Waals surface area contributed by atoms with E-state index in [0.717, 1.165) is 26.1 Å².